The topological polar surface area (TPSA) is 140 Å². The van der Waals surface area contributed by atoms with Crippen molar-refractivity contribution < 1.29 is 33.4 Å². The molecule has 0 radical (unpaired) electrons. The Bertz CT molecular complexity index is 1110. The highest BCUT2D eigenvalue weighted by Gasteiger charge is 2.23. The van der Waals surface area contributed by atoms with E-state index in [9.17, 15) is 19.5 Å². The number of amides is 1. The van der Waals surface area contributed by atoms with Crippen LogP contribution in [0.4, 0.5) is 5.69 Å². The largest absolute Gasteiger partial charge is 0.508 e. The Balaban J connectivity index is 1.61. The van der Waals surface area contributed by atoms with Crippen molar-refractivity contribution in [1.82, 2.24) is 10.3 Å². The number of aromatic hydroxyl groups is 1. The Morgan fingerprint density at radius 3 is 2.52 bits per heavy atom. The second kappa shape index (κ2) is 10.9. The molecule has 1 aromatic heterocycles. The first-order valence-electron chi connectivity index (χ1n) is 9.91. The molecule has 33 heavy (non-hydrogen) atoms. The zero-order chi connectivity index (χ0) is 23.8. The molecule has 3 rings (SSSR count). The van der Waals surface area contributed by atoms with Gasteiger partial charge in [-0.3, -0.25) is 19.7 Å². The quantitative estimate of drug-likeness (QED) is 0.310. The zero-order valence-electron chi connectivity index (χ0n) is 18.0. The molecule has 3 aromatic rings. The van der Waals surface area contributed by atoms with Gasteiger partial charge < -0.3 is 24.3 Å². The Kier molecular flexibility index (Phi) is 7.77. The predicted molar refractivity (Wildman–Crippen MR) is 118 cm³/mol. The van der Waals surface area contributed by atoms with Gasteiger partial charge in [-0.25, -0.2) is 4.98 Å². The number of carbonyl (C=O) groups is 3. The van der Waals surface area contributed by atoms with Crippen molar-refractivity contribution in [3.63, 3.8) is 0 Å². The van der Waals surface area contributed by atoms with Gasteiger partial charge in [-0.05, 0) is 36.2 Å². The molecule has 2 aromatic carbocycles. The van der Waals surface area contributed by atoms with Gasteiger partial charge >= 0.3 is 5.97 Å². The molecule has 0 aliphatic heterocycles. The van der Waals surface area contributed by atoms with Crippen molar-refractivity contribution in [1.29, 1.82) is 0 Å². The van der Waals surface area contributed by atoms with Crippen LogP contribution in [0.3, 0.4) is 0 Å². The van der Waals surface area contributed by atoms with Gasteiger partial charge in [-0.2, -0.15) is 0 Å². The predicted octanol–water partition coefficient (Wildman–Crippen LogP) is 1.94. The molecular formula is C23H23N3O7. The molecule has 0 spiro atoms. The number of ketones is 1. The van der Waals surface area contributed by atoms with E-state index in [4.69, 9.17) is 13.9 Å². The van der Waals surface area contributed by atoms with E-state index in [1.165, 1.54) is 38.9 Å². The van der Waals surface area contributed by atoms with Crippen LogP contribution in [0, 0.1) is 0 Å². The summed E-state index contributed by atoms with van der Waals surface area (Å²) in [6.07, 6.45) is 3.03. The van der Waals surface area contributed by atoms with Crippen LogP contribution in [0.25, 0.3) is 11.3 Å². The normalized spacial score (nSPS) is 11.5. The fraction of sp³-hybridized carbons (Fsp3) is 0.217. The van der Waals surface area contributed by atoms with Gasteiger partial charge in [0.15, 0.2) is 12.2 Å². The first-order chi connectivity index (χ1) is 15.9. The van der Waals surface area contributed by atoms with Gasteiger partial charge in [0, 0.05) is 11.8 Å². The molecule has 0 fully saturated rings. The molecule has 3 N–H and O–H groups in total. The van der Waals surface area contributed by atoms with E-state index >= 15 is 0 Å². The summed E-state index contributed by atoms with van der Waals surface area (Å²) in [5.41, 5.74) is 1.73. The van der Waals surface area contributed by atoms with Crippen LogP contribution in [0.5, 0.6) is 11.5 Å². The number of benzene rings is 2. The molecule has 1 heterocycles. The van der Waals surface area contributed by atoms with Crippen molar-refractivity contribution in [2.24, 2.45) is 0 Å². The number of esters is 1. The summed E-state index contributed by atoms with van der Waals surface area (Å²) in [6.45, 7) is -0.378. The molecule has 10 nitrogen and oxygen atoms in total. The van der Waals surface area contributed by atoms with Crippen LogP contribution in [-0.4, -0.2) is 54.6 Å². The highest BCUT2D eigenvalue weighted by molar-refractivity contribution is 6.41. The van der Waals surface area contributed by atoms with Crippen molar-refractivity contribution in [3.8, 4) is 22.8 Å². The van der Waals surface area contributed by atoms with E-state index < -0.39 is 23.7 Å². The molecule has 0 saturated heterocycles. The minimum atomic E-state index is -0.856. The van der Waals surface area contributed by atoms with E-state index in [0.29, 0.717) is 22.8 Å². The summed E-state index contributed by atoms with van der Waals surface area (Å²) < 4.78 is 15.4. The lowest BCUT2D eigenvalue weighted by Crippen LogP contribution is -2.44. The summed E-state index contributed by atoms with van der Waals surface area (Å²) in [5, 5.41) is 14.7. The molecule has 0 aliphatic carbocycles. The number of phenolic OH excluding ortho intramolecular Hbond substituents is 1. The highest BCUT2D eigenvalue weighted by Crippen LogP contribution is 2.32. The lowest BCUT2D eigenvalue weighted by Gasteiger charge is -2.16. The first kappa shape index (κ1) is 23.5. The minimum Gasteiger partial charge on any atom is -0.508 e. The maximum absolute atomic E-state index is 12.4. The monoisotopic (exact) mass is 453 g/mol. The third kappa shape index (κ3) is 6.17. The third-order valence-electron chi connectivity index (χ3n) is 4.78. The molecular weight excluding hydrogens is 430 g/mol. The number of oxazole rings is 1. The zero-order valence-corrected chi connectivity index (χ0v) is 18.0. The van der Waals surface area contributed by atoms with Crippen LogP contribution in [0.1, 0.15) is 5.56 Å². The summed E-state index contributed by atoms with van der Waals surface area (Å²) in [4.78, 5) is 40.7. The van der Waals surface area contributed by atoms with Gasteiger partial charge in [-0.1, -0.05) is 12.1 Å². The van der Waals surface area contributed by atoms with Gasteiger partial charge in [0.2, 0.25) is 5.78 Å². The fourth-order valence-corrected chi connectivity index (χ4v) is 3.07. The molecule has 0 bridgehead atoms. The van der Waals surface area contributed by atoms with Gasteiger partial charge in [0.25, 0.3) is 5.91 Å². The molecule has 10 heteroatoms. The third-order valence-corrected chi connectivity index (χ3v) is 4.78. The van der Waals surface area contributed by atoms with E-state index in [0.717, 1.165) is 5.56 Å². The number of anilines is 1. The molecule has 0 aliphatic rings. The minimum absolute atomic E-state index is 0.0960. The Hall–Kier alpha value is -4.18. The number of methoxy groups -OCH3 is 2. The SMILES string of the molecule is COC(=O)[C@H](Cc1ccc(O)cc1)NCC(=O)C(=O)Nc1ccc(-c2cnco2)c(OC)c1. The average molecular weight is 453 g/mol. The number of aromatic nitrogens is 1. The number of hydrogen-bond acceptors (Lipinski definition) is 9. The Morgan fingerprint density at radius 1 is 1.12 bits per heavy atom. The van der Waals surface area contributed by atoms with E-state index in [1.807, 2.05) is 0 Å². The van der Waals surface area contributed by atoms with Crippen LogP contribution >= 0.6 is 0 Å². The second-order valence-corrected chi connectivity index (χ2v) is 6.99. The summed E-state index contributed by atoms with van der Waals surface area (Å²) in [7, 11) is 2.70. The van der Waals surface area contributed by atoms with Crippen LogP contribution in [-0.2, 0) is 25.5 Å². The number of ether oxygens (including phenoxy) is 2. The van der Waals surface area contributed by atoms with Crippen molar-refractivity contribution in [2.75, 3.05) is 26.1 Å². The summed E-state index contributed by atoms with van der Waals surface area (Å²) in [5.74, 6) is -1.19. The Labute approximate surface area is 189 Å². The second-order valence-electron chi connectivity index (χ2n) is 6.99. The van der Waals surface area contributed by atoms with Crippen molar-refractivity contribution in [3.05, 3.63) is 60.6 Å². The molecule has 172 valence electrons. The number of carbonyl (C=O) groups excluding carboxylic acids is 3. The van der Waals surface area contributed by atoms with Crippen LogP contribution < -0.4 is 15.4 Å². The number of nitrogens with zero attached hydrogens (tertiary/aromatic N) is 1. The lowest BCUT2D eigenvalue weighted by molar-refractivity contribution is -0.143. The summed E-state index contributed by atoms with van der Waals surface area (Å²) in [6, 6.07) is 10.3. The van der Waals surface area contributed by atoms with Crippen LogP contribution in [0.2, 0.25) is 0 Å². The van der Waals surface area contributed by atoms with Gasteiger partial charge in [0.05, 0.1) is 32.5 Å². The average Bonchev–Trinajstić information content (AvgIpc) is 3.36. The van der Waals surface area contributed by atoms with Gasteiger partial charge in [-0.15, -0.1) is 0 Å². The Morgan fingerprint density at radius 2 is 1.88 bits per heavy atom. The van der Waals surface area contributed by atoms with Crippen molar-refractivity contribution >= 4 is 23.3 Å². The molecule has 1 atom stereocenters. The summed E-state index contributed by atoms with van der Waals surface area (Å²) >= 11 is 0. The number of hydrogen-bond donors (Lipinski definition) is 3. The number of rotatable bonds is 10. The van der Waals surface area contributed by atoms with E-state index in [-0.39, 0.29) is 18.7 Å². The maximum Gasteiger partial charge on any atom is 0.323 e. The molecule has 1 amide bonds. The molecule has 0 saturated carbocycles. The smallest absolute Gasteiger partial charge is 0.323 e. The fourth-order valence-electron chi connectivity index (χ4n) is 3.07. The maximum atomic E-state index is 12.4. The van der Waals surface area contributed by atoms with Gasteiger partial charge in [0.1, 0.15) is 17.5 Å². The molecule has 0 unspecified atom stereocenters. The van der Waals surface area contributed by atoms with Crippen LogP contribution in [0.15, 0.2) is 59.5 Å². The number of nitrogens with one attached hydrogen (secondary N) is 2. The van der Waals surface area contributed by atoms with E-state index in [1.54, 1.807) is 30.3 Å². The van der Waals surface area contributed by atoms with E-state index in [2.05, 4.69) is 15.6 Å². The first-order valence-corrected chi connectivity index (χ1v) is 9.91. The standard InChI is InChI=1S/C23H23N3O7/c1-31-20-10-15(5-8-17(20)21-12-24-13-33-21)26-22(29)19(28)11-25-18(23(30)32-2)9-14-3-6-16(27)7-4-14/h3-8,10,12-13,18,25,27H,9,11H2,1-2H3,(H,26,29)/t18-/m0/s1. The van der Waals surface area contributed by atoms with Crippen molar-refractivity contribution in [2.45, 2.75) is 12.5 Å². The number of phenols is 1. The number of Topliss-reactive ketones (excluding diaryl/α,β-unsaturated/α-hetero) is 1. The highest BCUT2D eigenvalue weighted by atomic mass is 16.5. The lowest BCUT2D eigenvalue weighted by atomic mass is 10.1.